The second-order valence-electron chi connectivity index (χ2n) is 3.46. The molecule has 0 unspecified atom stereocenters. The van der Waals surface area contributed by atoms with Gasteiger partial charge in [0, 0.05) is 6.21 Å². The normalized spacial score (nSPS) is 10.5. The van der Waals surface area contributed by atoms with Crippen LogP contribution in [0.25, 0.3) is 0 Å². The Bertz CT molecular complexity index is 371. The first-order valence-corrected chi connectivity index (χ1v) is 5.55. The molecule has 17 heavy (non-hydrogen) atoms. The molecule has 1 rings (SSSR count). The number of ether oxygens (including phenoxy) is 2. The molecule has 0 fully saturated rings. The molecule has 1 aromatic rings. The van der Waals surface area contributed by atoms with Crippen LogP contribution in [0.3, 0.4) is 0 Å². The summed E-state index contributed by atoms with van der Waals surface area (Å²) in [5.41, 5.74) is 0.928. The topological polar surface area (TPSA) is 47.9 Å². The lowest BCUT2D eigenvalue weighted by atomic mass is 10.2. The van der Waals surface area contributed by atoms with Crippen LogP contribution >= 0.6 is 0 Å². The SMILES string of the molecule is CCCOc1ccc(C=NCC(=O)OC)cc1. The zero-order chi connectivity index (χ0) is 12.5. The summed E-state index contributed by atoms with van der Waals surface area (Å²) in [6.07, 6.45) is 2.63. The molecular formula is C13H17NO3. The summed E-state index contributed by atoms with van der Waals surface area (Å²) in [6, 6.07) is 7.56. The van der Waals surface area contributed by atoms with E-state index in [0.29, 0.717) is 0 Å². The molecule has 0 N–H and O–H groups in total. The molecule has 0 saturated heterocycles. The summed E-state index contributed by atoms with van der Waals surface area (Å²) < 4.78 is 9.93. The number of hydrogen-bond acceptors (Lipinski definition) is 4. The molecule has 4 heteroatoms. The molecule has 0 amide bonds. The molecule has 0 aliphatic carbocycles. The van der Waals surface area contributed by atoms with Crippen LogP contribution in [0.15, 0.2) is 29.3 Å². The molecule has 0 spiro atoms. The molecule has 0 radical (unpaired) electrons. The van der Waals surface area contributed by atoms with E-state index >= 15 is 0 Å². The number of nitrogens with zero attached hydrogens (tertiary/aromatic N) is 1. The van der Waals surface area contributed by atoms with Gasteiger partial charge in [0.1, 0.15) is 12.3 Å². The van der Waals surface area contributed by atoms with Crippen molar-refractivity contribution < 1.29 is 14.3 Å². The van der Waals surface area contributed by atoms with E-state index in [4.69, 9.17) is 4.74 Å². The number of esters is 1. The quantitative estimate of drug-likeness (QED) is 0.560. The number of carbonyl (C=O) groups is 1. The zero-order valence-electron chi connectivity index (χ0n) is 10.2. The fraction of sp³-hybridized carbons (Fsp3) is 0.385. The van der Waals surface area contributed by atoms with Crippen molar-refractivity contribution >= 4 is 12.2 Å². The average Bonchev–Trinajstić information content (AvgIpc) is 2.37. The van der Waals surface area contributed by atoms with Gasteiger partial charge in [0.2, 0.25) is 0 Å². The van der Waals surface area contributed by atoms with Crippen molar-refractivity contribution in [2.45, 2.75) is 13.3 Å². The van der Waals surface area contributed by atoms with Crippen LogP contribution in [-0.4, -0.2) is 32.4 Å². The van der Waals surface area contributed by atoms with Crippen molar-refractivity contribution in [3.05, 3.63) is 29.8 Å². The van der Waals surface area contributed by atoms with Crippen LogP contribution in [0.5, 0.6) is 5.75 Å². The van der Waals surface area contributed by atoms with E-state index in [0.717, 1.165) is 24.3 Å². The minimum atomic E-state index is -0.343. The molecule has 0 aromatic heterocycles. The summed E-state index contributed by atoms with van der Waals surface area (Å²) in [5.74, 6) is 0.501. The third kappa shape index (κ3) is 5.15. The largest absolute Gasteiger partial charge is 0.494 e. The Morgan fingerprint density at radius 1 is 1.35 bits per heavy atom. The van der Waals surface area contributed by atoms with E-state index in [9.17, 15) is 4.79 Å². The van der Waals surface area contributed by atoms with Crippen molar-refractivity contribution in [1.82, 2.24) is 0 Å². The maximum absolute atomic E-state index is 10.8. The van der Waals surface area contributed by atoms with Gasteiger partial charge in [-0.25, -0.2) is 0 Å². The molecule has 1 aromatic carbocycles. The van der Waals surface area contributed by atoms with Crippen molar-refractivity contribution in [1.29, 1.82) is 0 Å². The van der Waals surface area contributed by atoms with Crippen molar-refractivity contribution in [3.63, 3.8) is 0 Å². The number of hydrogen-bond donors (Lipinski definition) is 0. The molecule has 4 nitrogen and oxygen atoms in total. The summed E-state index contributed by atoms with van der Waals surface area (Å²) >= 11 is 0. The maximum atomic E-state index is 10.8. The number of aliphatic imine (C=N–C) groups is 1. The summed E-state index contributed by atoms with van der Waals surface area (Å²) in [4.78, 5) is 14.8. The lowest BCUT2D eigenvalue weighted by Crippen LogP contribution is -2.04. The van der Waals surface area contributed by atoms with Crippen molar-refractivity contribution in [2.24, 2.45) is 4.99 Å². The molecule has 0 aliphatic rings. The number of rotatable bonds is 6. The summed E-state index contributed by atoms with van der Waals surface area (Å²) in [6.45, 7) is 2.83. The Kier molecular flexibility index (Phi) is 5.79. The van der Waals surface area contributed by atoms with E-state index in [-0.39, 0.29) is 12.5 Å². The Morgan fingerprint density at radius 2 is 2.06 bits per heavy atom. The van der Waals surface area contributed by atoms with E-state index in [1.807, 2.05) is 24.3 Å². The highest BCUT2D eigenvalue weighted by molar-refractivity contribution is 5.82. The Labute approximate surface area is 101 Å². The molecule has 0 heterocycles. The first-order valence-electron chi connectivity index (χ1n) is 5.55. The van der Waals surface area contributed by atoms with Crippen LogP contribution < -0.4 is 4.74 Å². The number of benzene rings is 1. The smallest absolute Gasteiger partial charge is 0.327 e. The van der Waals surface area contributed by atoms with Gasteiger partial charge in [-0.15, -0.1) is 0 Å². The van der Waals surface area contributed by atoms with E-state index in [1.165, 1.54) is 7.11 Å². The first kappa shape index (κ1) is 13.2. The van der Waals surface area contributed by atoms with Gasteiger partial charge in [-0.2, -0.15) is 0 Å². The van der Waals surface area contributed by atoms with Gasteiger partial charge in [0.25, 0.3) is 0 Å². The Hall–Kier alpha value is -1.84. The molecule has 0 bridgehead atoms. The van der Waals surface area contributed by atoms with Crippen LogP contribution in [0.4, 0.5) is 0 Å². The maximum Gasteiger partial charge on any atom is 0.327 e. The van der Waals surface area contributed by atoms with Gasteiger partial charge in [-0.05, 0) is 36.2 Å². The van der Waals surface area contributed by atoms with E-state index < -0.39 is 0 Å². The van der Waals surface area contributed by atoms with Crippen molar-refractivity contribution in [3.8, 4) is 5.75 Å². The lowest BCUT2D eigenvalue weighted by molar-refractivity contribution is -0.138. The Balaban J connectivity index is 2.47. The van der Waals surface area contributed by atoms with Gasteiger partial charge >= 0.3 is 5.97 Å². The van der Waals surface area contributed by atoms with Crippen LogP contribution in [-0.2, 0) is 9.53 Å². The van der Waals surface area contributed by atoms with Crippen LogP contribution in [0.1, 0.15) is 18.9 Å². The predicted molar refractivity (Wildman–Crippen MR) is 66.7 cm³/mol. The van der Waals surface area contributed by atoms with Gasteiger partial charge in [-0.3, -0.25) is 9.79 Å². The second kappa shape index (κ2) is 7.44. The standard InChI is InChI=1S/C13H17NO3/c1-3-8-17-12-6-4-11(5-7-12)9-14-10-13(15)16-2/h4-7,9H,3,8,10H2,1-2H3. The third-order valence-electron chi connectivity index (χ3n) is 2.04. The fourth-order valence-electron chi connectivity index (χ4n) is 1.16. The highest BCUT2D eigenvalue weighted by Crippen LogP contribution is 2.11. The average molecular weight is 235 g/mol. The van der Waals surface area contributed by atoms with Gasteiger partial charge in [0.05, 0.1) is 13.7 Å². The molecule has 0 atom stereocenters. The first-order chi connectivity index (χ1) is 8.26. The minimum Gasteiger partial charge on any atom is -0.494 e. The van der Waals surface area contributed by atoms with E-state index in [2.05, 4.69) is 16.7 Å². The zero-order valence-corrected chi connectivity index (χ0v) is 10.2. The minimum absolute atomic E-state index is 0.0462. The second-order valence-corrected chi connectivity index (χ2v) is 3.46. The van der Waals surface area contributed by atoms with Gasteiger partial charge in [0.15, 0.2) is 0 Å². The van der Waals surface area contributed by atoms with Crippen LogP contribution in [0.2, 0.25) is 0 Å². The molecule has 0 aliphatic heterocycles. The molecule has 0 saturated carbocycles. The number of methoxy groups -OCH3 is 1. The third-order valence-corrected chi connectivity index (χ3v) is 2.04. The Morgan fingerprint density at radius 3 is 2.65 bits per heavy atom. The summed E-state index contributed by atoms with van der Waals surface area (Å²) in [7, 11) is 1.34. The van der Waals surface area contributed by atoms with Gasteiger partial charge in [-0.1, -0.05) is 6.92 Å². The monoisotopic (exact) mass is 235 g/mol. The molecule has 92 valence electrons. The van der Waals surface area contributed by atoms with E-state index in [1.54, 1.807) is 6.21 Å². The summed E-state index contributed by atoms with van der Waals surface area (Å²) in [5, 5.41) is 0. The molecular weight excluding hydrogens is 218 g/mol. The predicted octanol–water partition coefficient (Wildman–Crippen LogP) is 2.07. The fourth-order valence-corrected chi connectivity index (χ4v) is 1.16. The van der Waals surface area contributed by atoms with Gasteiger partial charge < -0.3 is 9.47 Å². The highest BCUT2D eigenvalue weighted by atomic mass is 16.5. The number of carbonyl (C=O) groups excluding carboxylic acids is 1. The van der Waals surface area contributed by atoms with Crippen LogP contribution in [0, 0.1) is 0 Å². The van der Waals surface area contributed by atoms with Crippen molar-refractivity contribution in [2.75, 3.05) is 20.3 Å². The lowest BCUT2D eigenvalue weighted by Gasteiger charge is -2.03. The highest BCUT2D eigenvalue weighted by Gasteiger charge is 1.96.